The van der Waals surface area contributed by atoms with Crippen molar-refractivity contribution >= 4 is 22.3 Å². The molecule has 0 atom stereocenters. The zero-order chi connectivity index (χ0) is 13.9. The van der Waals surface area contributed by atoms with E-state index in [9.17, 15) is 0 Å². The first-order valence-corrected chi connectivity index (χ1v) is 6.25. The Morgan fingerprint density at radius 3 is 2.85 bits per heavy atom. The fourth-order valence-corrected chi connectivity index (χ4v) is 2.08. The van der Waals surface area contributed by atoms with Gasteiger partial charge in [-0.1, -0.05) is 18.2 Å². The van der Waals surface area contributed by atoms with Crippen LogP contribution in [-0.2, 0) is 0 Å². The van der Waals surface area contributed by atoms with Crippen molar-refractivity contribution in [2.75, 3.05) is 5.32 Å². The van der Waals surface area contributed by atoms with Crippen molar-refractivity contribution in [2.45, 2.75) is 6.92 Å². The fraction of sp³-hybridized carbons (Fsp3) is 0.0625. The second-order valence-corrected chi connectivity index (χ2v) is 4.49. The lowest BCUT2D eigenvalue weighted by atomic mass is 10.1. The van der Waals surface area contributed by atoms with Gasteiger partial charge in [-0.3, -0.25) is 9.97 Å². The van der Waals surface area contributed by atoms with Crippen molar-refractivity contribution < 1.29 is 0 Å². The molecule has 0 aliphatic heterocycles. The minimum atomic E-state index is 0.560. The standard InChI is InChI=1S/C16H12N4/c1-11-5-6-12-3-2-4-14(16(12)19-11)20-15-10-18-8-7-13(15)9-17/h2-8,10,20H,1H3. The fourth-order valence-electron chi connectivity index (χ4n) is 2.08. The van der Waals surface area contributed by atoms with E-state index in [-0.39, 0.29) is 0 Å². The number of aryl methyl sites for hydroxylation is 1. The van der Waals surface area contributed by atoms with E-state index >= 15 is 0 Å². The molecule has 0 saturated heterocycles. The first-order valence-electron chi connectivity index (χ1n) is 6.25. The molecule has 0 aliphatic carbocycles. The largest absolute Gasteiger partial charge is 0.351 e. The van der Waals surface area contributed by atoms with Gasteiger partial charge >= 0.3 is 0 Å². The van der Waals surface area contributed by atoms with Gasteiger partial charge in [0.1, 0.15) is 6.07 Å². The van der Waals surface area contributed by atoms with Crippen LogP contribution in [0.15, 0.2) is 48.8 Å². The molecule has 4 heteroatoms. The summed E-state index contributed by atoms with van der Waals surface area (Å²) in [7, 11) is 0. The highest BCUT2D eigenvalue weighted by molar-refractivity contribution is 5.92. The Bertz CT molecular complexity index is 818. The number of fused-ring (bicyclic) bond motifs is 1. The summed E-state index contributed by atoms with van der Waals surface area (Å²) in [6.07, 6.45) is 3.25. The molecule has 0 bridgehead atoms. The Labute approximate surface area is 116 Å². The third-order valence-electron chi connectivity index (χ3n) is 3.07. The summed E-state index contributed by atoms with van der Waals surface area (Å²) >= 11 is 0. The number of anilines is 2. The molecular formula is C16H12N4. The monoisotopic (exact) mass is 260 g/mol. The Balaban J connectivity index is 2.11. The lowest BCUT2D eigenvalue weighted by molar-refractivity contribution is 1.25. The molecule has 0 amide bonds. The second-order valence-electron chi connectivity index (χ2n) is 4.49. The highest BCUT2D eigenvalue weighted by Crippen LogP contribution is 2.26. The smallest absolute Gasteiger partial charge is 0.101 e. The summed E-state index contributed by atoms with van der Waals surface area (Å²) in [5.74, 6) is 0. The van der Waals surface area contributed by atoms with E-state index in [0.717, 1.165) is 22.3 Å². The topological polar surface area (TPSA) is 61.6 Å². The molecule has 0 saturated carbocycles. The second kappa shape index (κ2) is 4.98. The number of pyridine rings is 2. The number of hydrogen-bond acceptors (Lipinski definition) is 4. The zero-order valence-electron chi connectivity index (χ0n) is 11.0. The van der Waals surface area contributed by atoms with Gasteiger partial charge < -0.3 is 5.32 Å². The van der Waals surface area contributed by atoms with Gasteiger partial charge in [0.25, 0.3) is 0 Å². The van der Waals surface area contributed by atoms with Crippen molar-refractivity contribution in [1.82, 2.24) is 9.97 Å². The van der Waals surface area contributed by atoms with E-state index in [2.05, 4.69) is 21.4 Å². The molecule has 2 heterocycles. The van der Waals surface area contributed by atoms with Crippen molar-refractivity contribution in [3.05, 3.63) is 60.0 Å². The van der Waals surface area contributed by atoms with Gasteiger partial charge in [-0.25, -0.2) is 0 Å². The first-order chi connectivity index (χ1) is 9.78. The van der Waals surface area contributed by atoms with Gasteiger partial charge in [-0.2, -0.15) is 5.26 Å². The molecule has 0 spiro atoms. The summed E-state index contributed by atoms with van der Waals surface area (Å²) in [5, 5.41) is 13.4. The third-order valence-corrected chi connectivity index (χ3v) is 3.07. The molecule has 3 aromatic rings. The van der Waals surface area contributed by atoms with Crippen LogP contribution in [0, 0.1) is 18.3 Å². The summed E-state index contributed by atoms with van der Waals surface area (Å²) in [6, 6.07) is 13.8. The quantitative estimate of drug-likeness (QED) is 0.765. The number of nitriles is 1. The molecule has 0 aliphatic rings. The third kappa shape index (κ3) is 2.17. The molecule has 0 fully saturated rings. The predicted octanol–water partition coefficient (Wildman–Crippen LogP) is 3.55. The molecule has 96 valence electrons. The lowest BCUT2D eigenvalue weighted by Crippen LogP contribution is -1.96. The van der Waals surface area contributed by atoms with Crippen LogP contribution < -0.4 is 5.32 Å². The van der Waals surface area contributed by atoms with Crippen LogP contribution in [-0.4, -0.2) is 9.97 Å². The Morgan fingerprint density at radius 1 is 1.10 bits per heavy atom. The number of nitrogens with zero attached hydrogens (tertiary/aromatic N) is 3. The van der Waals surface area contributed by atoms with Gasteiger partial charge in [0.2, 0.25) is 0 Å². The molecule has 1 N–H and O–H groups in total. The van der Waals surface area contributed by atoms with Gasteiger partial charge in [-0.15, -0.1) is 0 Å². The van der Waals surface area contributed by atoms with E-state index < -0.39 is 0 Å². The highest BCUT2D eigenvalue weighted by Gasteiger charge is 2.06. The number of nitrogens with one attached hydrogen (secondary N) is 1. The van der Waals surface area contributed by atoms with E-state index in [1.54, 1.807) is 18.5 Å². The number of rotatable bonds is 2. The van der Waals surface area contributed by atoms with Crippen molar-refractivity contribution in [3.63, 3.8) is 0 Å². The number of para-hydroxylation sites is 1. The molecule has 1 aromatic carbocycles. The summed E-state index contributed by atoms with van der Waals surface area (Å²) in [5.41, 5.74) is 3.96. The van der Waals surface area contributed by atoms with E-state index in [4.69, 9.17) is 5.26 Å². The molecule has 2 aromatic heterocycles. The van der Waals surface area contributed by atoms with Gasteiger partial charge in [0, 0.05) is 17.3 Å². The van der Waals surface area contributed by atoms with Crippen LogP contribution in [0.4, 0.5) is 11.4 Å². The number of benzene rings is 1. The Morgan fingerprint density at radius 2 is 2.00 bits per heavy atom. The molecule has 3 rings (SSSR count). The van der Waals surface area contributed by atoms with Crippen LogP contribution in [0.5, 0.6) is 0 Å². The van der Waals surface area contributed by atoms with Crippen LogP contribution in [0.2, 0.25) is 0 Å². The van der Waals surface area contributed by atoms with Crippen molar-refractivity contribution in [3.8, 4) is 6.07 Å². The van der Waals surface area contributed by atoms with Crippen LogP contribution in [0.1, 0.15) is 11.3 Å². The molecule has 20 heavy (non-hydrogen) atoms. The maximum Gasteiger partial charge on any atom is 0.101 e. The summed E-state index contributed by atoms with van der Waals surface area (Å²) < 4.78 is 0. The molecule has 4 nitrogen and oxygen atoms in total. The molecule has 0 radical (unpaired) electrons. The van der Waals surface area contributed by atoms with Gasteiger partial charge in [-0.05, 0) is 25.1 Å². The minimum Gasteiger partial charge on any atom is -0.351 e. The van der Waals surface area contributed by atoms with E-state index in [0.29, 0.717) is 11.3 Å². The van der Waals surface area contributed by atoms with Crippen LogP contribution >= 0.6 is 0 Å². The van der Waals surface area contributed by atoms with Crippen molar-refractivity contribution in [1.29, 1.82) is 5.26 Å². The molecule has 0 unspecified atom stereocenters. The first kappa shape index (κ1) is 12.1. The minimum absolute atomic E-state index is 0.560. The summed E-state index contributed by atoms with van der Waals surface area (Å²) in [4.78, 5) is 8.61. The Kier molecular flexibility index (Phi) is 3.02. The Hall–Kier alpha value is -2.93. The van der Waals surface area contributed by atoms with Gasteiger partial charge in [0.15, 0.2) is 0 Å². The van der Waals surface area contributed by atoms with Crippen LogP contribution in [0.25, 0.3) is 10.9 Å². The lowest BCUT2D eigenvalue weighted by Gasteiger charge is -2.10. The average molecular weight is 260 g/mol. The number of hydrogen-bond donors (Lipinski definition) is 1. The predicted molar refractivity (Wildman–Crippen MR) is 78.7 cm³/mol. The molecular weight excluding hydrogens is 248 g/mol. The maximum absolute atomic E-state index is 9.12. The SMILES string of the molecule is Cc1ccc2cccc(Nc3cnccc3C#N)c2n1. The van der Waals surface area contributed by atoms with Gasteiger partial charge in [0.05, 0.1) is 28.7 Å². The average Bonchev–Trinajstić information content (AvgIpc) is 2.48. The maximum atomic E-state index is 9.12. The van der Waals surface area contributed by atoms with Crippen molar-refractivity contribution in [2.24, 2.45) is 0 Å². The zero-order valence-corrected chi connectivity index (χ0v) is 11.0. The van der Waals surface area contributed by atoms with E-state index in [1.165, 1.54) is 0 Å². The normalized spacial score (nSPS) is 10.2. The number of aromatic nitrogens is 2. The van der Waals surface area contributed by atoms with E-state index in [1.807, 2.05) is 37.3 Å². The van der Waals surface area contributed by atoms with Crippen LogP contribution in [0.3, 0.4) is 0 Å². The summed E-state index contributed by atoms with van der Waals surface area (Å²) in [6.45, 7) is 1.96. The highest BCUT2D eigenvalue weighted by atomic mass is 14.9.